The molecule has 4 aromatic carbocycles. The normalized spacial score (nSPS) is 18.7. The smallest absolute Gasteiger partial charge is 0.336 e. The first-order valence-electron chi connectivity index (χ1n) is 14.5. The van der Waals surface area contributed by atoms with Crippen LogP contribution >= 0.6 is 34.8 Å². The summed E-state index contributed by atoms with van der Waals surface area (Å²) in [5, 5.41) is 4.28. The molecule has 0 spiro atoms. The average Bonchev–Trinajstić information content (AvgIpc) is 3.46. The number of fused-ring (bicyclic) bond motifs is 2. The number of piperazine rings is 1. The quantitative estimate of drug-likeness (QED) is 0.277. The summed E-state index contributed by atoms with van der Waals surface area (Å²) < 4.78 is 0. The molecule has 1 unspecified atom stereocenters. The Bertz CT molecular complexity index is 1710. The number of quaternary nitrogens is 1. The number of nitrogens with zero attached hydrogens (tertiary/aromatic N) is 2. The van der Waals surface area contributed by atoms with Crippen molar-refractivity contribution in [3.05, 3.63) is 116 Å². The van der Waals surface area contributed by atoms with Crippen LogP contribution in [0.1, 0.15) is 27.0 Å². The molecule has 7 rings (SSSR count). The molecule has 1 saturated heterocycles. The number of hydrogen-bond donors (Lipinski definition) is 2. The number of benzene rings is 4. The molecular weight excluding hydrogens is 603 g/mol. The highest BCUT2D eigenvalue weighted by Crippen LogP contribution is 2.37. The number of halogens is 3. The Kier molecular flexibility index (Phi) is 7.66. The largest absolute Gasteiger partial charge is 0.425 e. The van der Waals surface area contributed by atoms with E-state index in [1.54, 1.807) is 18.2 Å². The SMILES string of the molecule is O=C(c1cc(-c2ccccc2Cl)c2c(c1)[NH+](c1c(Cl)cccc1Cl)C(=O)NC2)N1CCN(C2Cc3ccccc3C2)CC1. The molecule has 3 amide bonds. The molecule has 1 aliphatic carbocycles. The van der Waals surface area contributed by atoms with Crippen molar-refractivity contribution < 1.29 is 14.5 Å². The lowest BCUT2D eigenvalue weighted by molar-refractivity contribution is -0.666. The fraction of sp³-hybridized carbons (Fsp3) is 0.235. The highest BCUT2D eigenvalue weighted by Gasteiger charge is 2.38. The van der Waals surface area contributed by atoms with E-state index in [9.17, 15) is 9.59 Å². The van der Waals surface area contributed by atoms with Gasteiger partial charge in [-0.25, -0.2) is 4.79 Å². The Hall–Kier alpha value is -3.39. The predicted molar refractivity (Wildman–Crippen MR) is 171 cm³/mol. The maximum Gasteiger partial charge on any atom is 0.425 e. The summed E-state index contributed by atoms with van der Waals surface area (Å²) in [5.41, 5.74) is 6.92. The van der Waals surface area contributed by atoms with Crippen LogP contribution in [-0.2, 0) is 19.4 Å². The van der Waals surface area contributed by atoms with Gasteiger partial charge < -0.3 is 10.2 Å². The molecule has 0 saturated carbocycles. The van der Waals surface area contributed by atoms with E-state index in [0.29, 0.717) is 56.0 Å². The van der Waals surface area contributed by atoms with E-state index in [-0.39, 0.29) is 18.5 Å². The van der Waals surface area contributed by atoms with E-state index < -0.39 is 0 Å². The Labute approximate surface area is 265 Å². The summed E-state index contributed by atoms with van der Waals surface area (Å²) in [6.07, 6.45) is 2.11. The molecule has 3 aliphatic rings. The second-order valence-corrected chi connectivity index (χ2v) is 12.6. The van der Waals surface area contributed by atoms with Crippen molar-refractivity contribution in [3.63, 3.8) is 0 Å². The van der Waals surface area contributed by atoms with Crippen LogP contribution in [0.5, 0.6) is 0 Å². The van der Waals surface area contributed by atoms with Crippen LogP contribution in [0.15, 0.2) is 78.9 Å². The fourth-order valence-electron chi connectivity index (χ4n) is 6.76. The summed E-state index contributed by atoms with van der Waals surface area (Å²) in [6.45, 7) is 3.20. The molecule has 2 aliphatic heterocycles. The molecule has 218 valence electrons. The number of urea groups is 1. The van der Waals surface area contributed by atoms with Gasteiger partial charge in [-0.05, 0) is 53.8 Å². The Balaban J connectivity index is 1.23. The van der Waals surface area contributed by atoms with E-state index in [1.807, 2.05) is 41.3 Å². The third-order valence-corrected chi connectivity index (χ3v) is 9.90. The Morgan fingerprint density at radius 3 is 2.07 bits per heavy atom. The molecule has 4 aromatic rings. The topological polar surface area (TPSA) is 57.1 Å². The van der Waals surface area contributed by atoms with Gasteiger partial charge in [0, 0.05) is 60.0 Å². The third-order valence-electron chi connectivity index (χ3n) is 8.94. The summed E-state index contributed by atoms with van der Waals surface area (Å²) in [7, 11) is 0. The zero-order chi connectivity index (χ0) is 29.7. The van der Waals surface area contributed by atoms with E-state index in [1.165, 1.54) is 11.1 Å². The summed E-state index contributed by atoms with van der Waals surface area (Å²) in [5.74, 6) is -0.0685. The van der Waals surface area contributed by atoms with Gasteiger partial charge in [0.05, 0.1) is 6.54 Å². The number of carbonyl (C=O) groups excluding carboxylic acids is 2. The molecule has 1 fully saturated rings. The maximum absolute atomic E-state index is 14.1. The van der Waals surface area contributed by atoms with Gasteiger partial charge in [0.15, 0.2) is 11.4 Å². The monoisotopic (exact) mass is 631 g/mol. The minimum absolute atomic E-state index is 0.0685. The highest BCUT2D eigenvalue weighted by atomic mass is 35.5. The first-order chi connectivity index (χ1) is 20.9. The third kappa shape index (κ3) is 5.22. The van der Waals surface area contributed by atoms with Gasteiger partial charge in [0.2, 0.25) is 0 Å². The molecule has 1 atom stereocenters. The van der Waals surface area contributed by atoms with Crippen LogP contribution in [0.4, 0.5) is 16.2 Å². The van der Waals surface area contributed by atoms with Gasteiger partial charge in [0.25, 0.3) is 5.91 Å². The molecule has 43 heavy (non-hydrogen) atoms. The van der Waals surface area contributed by atoms with Crippen molar-refractivity contribution in [3.8, 4) is 11.1 Å². The van der Waals surface area contributed by atoms with Crippen LogP contribution in [-0.4, -0.2) is 54.0 Å². The fourth-order valence-corrected chi connectivity index (χ4v) is 7.58. The van der Waals surface area contributed by atoms with Crippen LogP contribution in [0.25, 0.3) is 11.1 Å². The molecule has 9 heteroatoms. The van der Waals surface area contributed by atoms with Crippen molar-refractivity contribution in [1.29, 1.82) is 0 Å². The summed E-state index contributed by atoms with van der Waals surface area (Å²) >= 11 is 19.9. The molecular formula is C34H30Cl3N4O2+. The van der Waals surface area contributed by atoms with Gasteiger partial charge >= 0.3 is 6.03 Å². The first kappa shape index (κ1) is 28.4. The number of hydrogen-bond acceptors (Lipinski definition) is 3. The number of rotatable bonds is 4. The van der Waals surface area contributed by atoms with Gasteiger partial charge in [-0.15, -0.1) is 0 Å². The summed E-state index contributed by atoms with van der Waals surface area (Å²) in [6, 6.07) is 25.3. The molecule has 0 bridgehead atoms. The molecule has 2 heterocycles. The molecule has 6 nitrogen and oxygen atoms in total. The Morgan fingerprint density at radius 2 is 1.40 bits per heavy atom. The van der Waals surface area contributed by atoms with Crippen LogP contribution in [0, 0.1) is 0 Å². The van der Waals surface area contributed by atoms with Crippen LogP contribution in [0.2, 0.25) is 15.1 Å². The lowest BCUT2D eigenvalue weighted by atomic mass is 9.93. The zero-order valence-corrected chi connectivity index (χ0v) is 25.6. The van der Waals surface area contributed by atoms with Gasteiger partial charge in [-0.1, -0.05) is 83.3 Å². The van der Waals surface area contributed by atoms with E-state index in [0.717, 1.165) is 42.6 Å². The second-order valence-electron chi connectivity index (χ2n) is 11.3. The standard InChI is InChI=1S/C34H29Cl3N4O2/c35-28-9-4-3-8-25(28)26-18-23(19-31-27(26)20-38-34(43)41(31)32-29(36)10-5-11-30(32)37)33(42)40-14-12-39(13-15-40)24-16-21-6-1-2-7-22(21)17-24/h1-11,18-19,24H,12-17,20H2,(H,38,43)/p+1. The molecule has 2 N–H and O–H groups in total. The van der Waals surface area contributed by atoms with Crippen LogP contribution in [0.3, 0.4) is 0 Å². The first-order valence-corrected chi connectivity index (χ1v) is 15.6. The molecule has 0 radical (unpaired) electrons. The van der Waals surface area contributed by atoms with E-state index in [2.05, 4.69) is 34.5 Å². The number of para-hydroxylation sites is 1. The van der Waals surface area contributed by atoms with Crippen molar-refractivity contribution in [2.24, 2.45) is 0 Å². The van der Waals surface area contributed by atoms with Crippen LogP contribution < -0.4 is 10.2 Å². The average molecular weight is 633 g/mol. The number of carbonyl (C=O) groups is 2. The lowest BCUT2D eigenvalue weighted by Gasteiger charge is -2.38. The predicted octanol–water partition coefficient (Wildman–Crippen LogP) is 6.31. The minimum atomic E-state index is -0.289. The van der Waals surface area contributed by atoms with Crippen molar-refractivity contribution in [1.82, 2.24) is 15.1 Å². The van der Waals surface area contributed by atoms with E-state index in [4.69, 9.17) is 34.8 Å². The van der Waals surface area contributed by atoms with Crippen molar-refractivity contribution in [2.75, 3.05) is 26.2 Å². The van der Waals surface area contributed by atoms with E-state index >= 15 is 0 Å². The van der Waals surface area contributed by atoms with Crippen molar-refractivity contribution in [2.45, 2.75) is 25.4 Å². The van der Waals surface area contributed by atoms with Gasteiger partial charge in [-0.2, -0.15) is 4.90 Å². The second kappa shape index (κ2) is 11.6. The number of amides is 3. The van der Waals surface area contributed by atoms with Crippen molar-refractivity contribution >= 4 is 58.1 Å². The molecule has 0 aromatic heterocycles. The lowest BCUT2D eigenvalue weighted by Crippen LogP contribution is -3.08. The minimum Gasteiger partial charge on any atom is -0.336 e. The zero-order valence-electron chi connectivity index (χ0n) is 23.4. The van der Waals surface area contributed by atoms with Gasteiger partial charge in [-0.3, -0.25) is 9.69 Å². The highest BCUT2D eigenvalue weighted by molar-refractivity contribution is 6.38. The Morgan fingerprint density at radius 1 is 0.767 bits per heavy atom. The summed E-state index contributed by atoms with van der Waals surface area (Å²) in [4.78, 5) is 32.3. The number of nitrogens with one attached hydrogen (secondary N) is 2. The maximum atomic E-state index is 14.1. The van der Waals surface area contributed by atoms with Gasteiger partial charge in [0.1, 0.15) is 10.0 Å².